The van der Waals surface area contributed by atoms with E-state index in [1.165, 1.54) is 18.2 Å². The SMILES string of the molecule is FC(=C1CCNCC1)c1ccc(F)c(Cl)c1. The molecule has 1 fully saturated rings. The smallest absolute Gasteiger partial charge is 0.141 e. The van der Waals surface area contributed by atoms with Gasteiger partial charge in [0.25, 0.3) is 0 Å². The third kappa shape index (κ3) is 2.42. The van der Waals surface area contributed by atoms with Crippen molar-refractivity contribution in [1.82, 2.24) is 5.32 Å². The van der Waals surface area contributed by atoms with Gasteiger partial charge in [0.1, 0.15) is 11.6 Å². The van der Waals surface area contributed by atoms with Crippen molar-refractivity contribution in [2.75, 3.05) is 13.1 Å². The zero-order valence-corrected chi connectivity index (χ0v) is 9.45. The van der Waals surface area contributed by atoms with Gasteiger partial charge in [-0.25, -0.2) is 8.78 Å². The molecule has 0 saturated carbocycles. The maximum atomic E-state index is 14.0. The van der Waals surface area contributed by atoms with Gasteiger partial charge in [-0.2, -0.15) is 0 Å². The normalized spacial score (nSPS) is 16.3. The summed E-state index contributed by atoms with van der Waals surface area (Å²) in [5, 5.41) is 3.12. The van der Waals surface area contributed by atoms with Crippen LogP contribution in [0.5, 0.6) is 0 Å². The van der Waals surface area contributed by atoms with E-state index in [-0.39, 0.29) is 10.8 Å². The Kier molecular flexibility index (Phi) is 3.56. The quantitative estimate of drug-likeness (QED) is 0.796. The van der Waals surface area contributed by atoms with E-state index in [0.717, 1.165) is 18.7 Å². The van der Waals surface area contributed by atoms with Crippen molar-refractivity contribution in [3.8, 4) is 0 Å². The van der Waals surface area contributed by atoms with E-state index in [9.17, 15) is 8.78 Å². The average molecular weight is 244 g/mol. The predicted octanol–water partition coefficient (Wildman–Crippen LogP) is 3.54. The molecule has 0 radical (unpaired) electrons. The summed E-state index contributed by atoms with van der Waals surface area (Å²) < 4.78 is 26.9. The molecule has 1 aromatic rings. The molecule has 1 aliphatic rings. The first-order chi connectivity index (χ1) is 7.68. The minimum atomic E-state index is -0.520. The van der Waals surface area contributed by atoms with Crippen LogP contribution in [0.15, 0.2) is 23.8 Å². The Hall–Kier alpha value is -0.930. The Morgan fingerprint density at radius 1 is 1.25 bits per heavy atom. The van der Waals surface area contributed by atoms with Crippen molar-refractivity contribution >= 4 is 17.4 Å². The lowest BCUT2D eigenvalue weighted by atomic mass is 10.0. The number of hydrogen-bond acceptors (Lipinski definition) is 1. The second-order valence-electron chi connectivity index (χ2n) is 3.80. The third-order valence-corrected chi connectivity index (χ3v) is 2.98. The monoisotopic (exact) mass is 243 g/mol. The molecule has 0 atom stereocenters. The fraction of sp³-hybridized carbons (Fsp3) is 0.333. The summed E-state index contributed by atoms with van der Waals surface area (Å²) in [6, 6.07) is 3.95. The molecule has 4 heteroatoms. The predicted molar refractivity (Wildman–Crippen MR) is 61.5 cm³/mol. The van der Waals surface area contributed by atoms with Gasteiger partial charge in [0.05, 0.1) is 5.02 Å². The summed E-state index contributed by atoms with van der Waals surface area (Å²) >= 11 is 5.62. The number of halogens is 3. The summed E-state index contributed by atoms with van der Waals surface area (Å²) in [5.74, 6) is -0.781. The largest absolute Gasteiger partial charge is 0.316 e. The maximum absolute atomic E-state index is 14.0. The summed E-state index contributed by atoms with van der Waals surface area (Å²) in [5.41, 5.74) is 1.14. The van der Waals surface area contributed by atoms with Crippen molar-refractivity contribution in [2.24, 2.45) is 0 Å². The molecule has 0 aliphatic carbocycles. The molecular weight excluding hydrogens is 232 g/mol. The summed E-state index contributed by atoms with van der Waals surface area (Å²) in [6.07, 6.45) is 1.39. The molecule has 86 valence electrons. The van der Waals surface area contributed by atoms with Crippen molar-refractivity contribution in [3.05, 3.63) is 40.2 Å². The van der Waals surface area contributed by atoms with E-state index in [1.807, 2.05) is 0 Å². The highest BCUT2D eigenvalue weighted by Gasteiger charge is 2.13. The van der Waals surface area contributed by atoms with Crippen molar-refractivity contribution in [3.63, 3.8) is 0 Å². The van der Waals surface area contributed by atoms with E-state index in [1.54, 1.807) is 0 Å². The van der Waals surface area contributed by atoms with E-state index in [2.05, 4.69) is 5.32 Å². The van der Waals surface area contributed by atoms with Crippen LogP contribution in [-0.4, -0.2) is 13.1 Å². The zero-order valence-electron chi connectivity index (χ0n) is 8.69. The topological polar surface area (TPSA) is 12.0 Å². The lowest BCUT2D eigenvalue weighted by Crippen LogP contribution is -2.23. The molecule has 0 amide bonds. The number of rotatable bonds is 1. The van der Waals surface area contributed by atoms with E-state index < -0.39 is 5.82 Å². The second-order valence-corrected chi connectivity index (χ2v) is 4.20. The Balaban J connectivity index is 2.32. The maximum Gasteiger partial charge on any atom is 0.141 e. The highest BCUT2D eigenvalue weighted by atomic mass is 35.5. The molecule has 16 heavy (non-hydrogen) atoms. The van der Waals surface area contributed by atoms with Crippen LogP contribution in [0.4, 0.5) is 8.78 Å². The highest BCUT2D eigenvalue weighted by molar-refractivity contribution is 6.30. The van der Waals surface area contributed by atoms with Gasteiger partial charge in [-0.15, -0.1) is 0 Å². The van der Waals surface area contributed by atoms with E-state index in [0.29, 0.717) is 18.4 Å². The molecule has 1 nitrogen and oxygen atoms in total. The minimum Gasteiger partial charge on any atom is -0.316 e. The minimum absolute atomic E-state index is 0.0396. The van der Waals surface area contributed by atoms with Crippen LogP contribution in [0.1, 0.15) is 18.4 Å². The van der Waals surface area contributed by atoms with Gasteiger partial charge < -0.3 is 5.32 Å². The third-order valence-electron chi connectivity index (χ3n) is 2.69. The molecule has 2 rings (SSSR count). The first kappa shape index (κ1) is 11.6. The molecule has 0 bridgehead atoms. The van der Waals surface area contributed by atoms with Gasteiger partial charge in [-0.3, -0.25) is 0 Å². The highest BCUT2D eigenvalue weighted by Crippen LogP contribution is 2.28. The van der Waals surface area contributed by atoms with Crippen LogP contribution >= 0.6 is 11.6 Å². The molecule has 0 spiro atoms. The van der Waals surface area contributed by atoms with Gasteiger partial charge in [0.15, 0.2) is 0 Å². The van der Waals surface area contributed by atoms with Crippen molar-refractivity contribution in [1.29, 1.82) is 0 Å². The molecule has 1 aromatic carbocycles. The molecule has 1 aliphatic heterocycles. The standard InChI is InChI=1S/C12H12ClF2N/c13-10-7-9(1-2-11(10)14)12(15)8-3-5-16-6-4-8/h1-2,7,16H,3-6H2. The average Bonchev–Trinajstić information content (AvgIpc) is 2.33. The summed E-state index contributed by atoms with van der Waals surface area (Å²) in [4.78, 5) is 0. The van der Waals surface area contributed by atoms with Crippen LogP contribution < -0.4 is 5.32 Å². The van der Waals surface area contributed by atoms with Crippen LogP contribution in [0, 0.1) is 5.82 Å². The molecule has 1 N–H and O–H groups in total. The van der Waals surface area contributed by atoms with Crippen molar-refractivity contribution < 1.29 is 8.78 Å². The number of benzene rings is 1. The zero-order chi connectivity index (χ0) is 11.5. The van der Waals surface area contributed by atoms with Crippen LogP contribution in [0.25, 0.3) is 5.83 Å². The fourth-order valence-electron chi connectivity index (χ4n) is 1.78. The van der Waals surface area contributed by atoms with Gasteiger partial charge in [-0.05, 0) is 49.7 Å². The number of hydrogen-bond donors (Lipinski definition) is 1. The van der Waals surface area contributed by atoms with Crippen LogP contribution in [0.3, 0.4) is 0 Å². The van der Waals surface area contributed by atoms with Crippen LogP contribution in [-0.2, 0) is 0 Å². The Morgan fingerprint density at radius 2 is 1.94 bits per heavy atom. The van der Waals surface area contributed by atoms with Crippen LogP contribution in [0.2, 0.25) is 5.02 Å². The lowest BCUT2D eigenvalue weighted by Gasteiger charge is -2.16. The number of piperidine rings is 1. The molecule has 0 aromatic heterocycles. The Labute approximate surface area is 98.1 Å². The fourth-order valence-corrected chi connectivity index (χ4v) is 1.97. The lowest BCUT2D eigenvalue weighted by molar-refractivity contribution is 0.595. The Bertz CT molecular complexity index is 421. The van der Waals surface area contributed by atoms with E-state index >= 15 is 0 Å². The summed E-state index contributed by atoms with van der Waals surface area (Å²) in [7, 11) is 0. The van der Waals surface area contributed by atoms with Gasteiger partial charge >= 0.3 is 0 Å². The summed E-state index contributed by atoms with van der Waals surface area (Å²) in [6.45, 7) is 1.58. The first-order valence-corrected chi connectivity index (χ1v) is 5.60. The van der Waals surface area contributed by atoms with Gasteiger partial charge in [0.2, 0.25) is 0 Å². The van der Waals surface area contributed by atoms with Gasteiger partial charge in [0, 0.05) is 5.56 Å². The molecule has 0 unspecified atom stereocenters. The Morgan fingerprint density at radius 3 is 2.56 bits per heavy atom. The van der Waals surface area contributed by atoms with E-state index in [4.69, 9.17) is 11.6 Å². The van der Waals surface area contributed by atoms with Gasteiger partial charge in [-0.1, -0.05) is 11.6 Å². The molecular formula is C12H12ClF2N. The van der Waals surface area contributed by atoms with Crippen molar-refractivity contribution in [2.45, 2.75) is 12.8 Å². The molecule has 1 heterocycles. The second kappa shape index (κ2) is 4.93. The molecule has 1 saturated heterocycles. The number of nitrogens with one attached hydrogen (secondary N) is 1. The first-order valence-electron chi connectivity index (χ1n) is 5.22.